The average Bonchev–Trinajstić information content (AvgIpc) is 2.77. The fourth-order valence-electron chi connectivity index (χ4n) is 3.54. The number of alkyl halides is 3. The molecule has 1 aliphatic rings. The molecule has 1 aromatic rings. The largest absolute Gasteiger partial charge is 0.419 e. The molecule has 33 heavy (non-hydrogen) atoms. The third-order valence-electron chi connectivity index (χ3n) is 5.70. The van der Waals surface area contributed by atoms with E-state index in [0.29, 0.717) is 48.6 Å². The fourth-order valence-corrected chi connectivity index (χ4v) is 3.54. The normalized spacial score (nSPS) is 16.7. The van der Waals surface area contributed by atoms with Gasteiger partial charge in [0.25, 0.3) is 0 Å². The van der Waals surface area contributed by atoms with E-state index in [1.807, 2.05) is 20.8 Å². The summed E-state index contributed by atoms with van der Waals surface area (Å²) >= 11 is 0. The van der Waals surface area contributed by atoms with Crippen LogP contribution in [0.5, 0.6) is 0 Å². The van der Waals surface area contributed by atoms with Crippen molar-refractivity contribution >= 4 is 11.4 Å². The summed E-state index contributed by atoms with van der Waals surface area (Å²) in [4.78, 5) is 7.72. The summed E-state index contributed by atoms with van der Waals surface area (Å²) in [7, 11) is 0. The van der Waals surface area contributed by atoms with E-state index in [4.69, 9.17) is 10.5 Å². The molecule has 3 N–H and O–H groups in total. The maximum absolute atomic E-state index is 13.4. The van der Waals surface area contributed by atoms with Crippen LogP contribution in [0, 0.1) is 5.92 Å². The zero-order chi connectivity index (χ0) is 24.8. The molecule has 0 aromatic carbocycles. The Hall–Kier alpha value is -2.36. The molecule has 0 radical (unpaired) electrons. The van der Waals surface area contributed by atoms with Crippen LogP contribution in [0.15, 0.2) is 43.0 Å². The van der Waals surface area contributed by atoms with Crippen molar-refractivity contribution in [2.45, 2.75) is 45.9 Å². The second-order valence-electron chi connectivity index (χ2n) is 8.48. The summed E-state index contributed by atoms with van der Waals surface area (Å²) in [5, 5.41) is 10.7. The molecule has 9 heteroatoms. The minimum absolute atomic E-state index is 0.0967. The summed E-state index contributed by atoms with van der Waals surface area (Å²) in [6.45, 7) is 17.6. The van der Waals surface area contributed by atoms with Gasteiger partial charge in [-0.2, -0.15) is 13.2 Å². The van der Waals surface area contributed by atoms with Crippen molar-refractivity contribution in [2.75, 3.05) is 38.6 Å². The fraction of sp³-hybridized carbons (Fsp3) is 0.542. The van der Waals surface area contributed by atoms with E-state index in [-0.39, 0.29) is 5.92 Å². The predicted octanol–water partition coefficient (Wildman–Crippen LogP) is 4.50. The number of hydrogen-bond acceptors (Lipinski definition) is 6. The lowest BCUT2D eigenvalue weighted by molar-refractivity contribution is -0.137. The van der Waals surface area contributed by atoms with Crippen LogP contribution in [-0.4, -0.2) is 58.8 Å². The Morgan fingerprint density at radius 1 is 1.33 bits per heavy atom. The molecule has 0 aliphatic carbocycles. The van der Waals surface area contributed by atoms with Crippen LogP contribution in [0.4, 0.5) is 19.0 Å². The van der Waals surface area contributed by atoms with E-state index in [9.17, 15) is 18.3 Å². The van der Waals surface area contributed by atoms with Crippen LogP contribution in [0.3, 0.4) is 0 Å². The molecule has 0 spiro atoms. The first-order valence-electron chi connectivity index (χ1n) is 11.1. The number of aliphatic hydroxyl groups is 1. The Bertz CT molecular complexity index is 862. The molecule has 6 nitrogen and oxygen atoms in total. The molecule has 2 heterocycles. The maximum Gasteiger partial charge on any atom is 0.419 e. The standard InChI is InChI=1S/C24H35F3N4O2/c1-6-19(20-13-21(24(25,26)27)23(28)29-14-20)15-31(18(5)22(32)16(2)3)17(4)7-8-30-9-11-33-12-10-30/h13-16,22,32H,4-12H2,1-3H3,(H2,28,29)/b19-15+. The van der Waals surface area contributed by atoms with Gasteiger partial charge >= 0.3 is 6.18 Å². The first-order chi connectivity index (χ1) is 15.5. The van der Waals surface area contributed by atoms with Gasteiger partial charge in [0, 0.05) is 49.8 Å². The van der Waals surface area contributed by atoms with Gasteiger partial charge in [-0.05, 0) is 29.5 Å². The van der Waals surface area contributed by atoms with Gasteiger partial charge in [-0.15, -0.1) is 0 Å². The highest BCUT2D eigenvalue weighted by Crippen LogP contribution is 2.35. The number of hydrogen-bond donors (Lipinski definition) is 2. The Morgan fingerprint density at radius 2 is 1.97 bits per heavy atom. The van der Waals surface area contributed by atoms with Crippen LogP contribution >= 0.6 is 0 Å². The highest BCUT2D eigenvalue weighted by molar-refractivity contribution is 5.67. The molecule has 1 aromatic heterocycles. The number of nitrogens with zero attached hydrogens (tertiary/aromatic N) is 3. The van der Waals surface area contributed by atoms with Crippen LogP contribution < -0.4 is 5.73 Å². The van der Waals surface area contributed by atoms with Crippen molar-refractivity contribution in [1.29, 1.82) is 0 Å². The molecule has 1 fully saturated rings. The Morgan fingerprint density at radius 3 is 2.52 bits per heavy atom. The first kappa shape index (κ1) is 26.9. The second kappa shape index (κ2) is 11.7. The molecule has 0 amide bonds. The van der Waals surface area contributed by atoms with Crippen LogP contribution in [-0.2, 0) is 10.9 Å². The van der Waals surface area contributed by atoms with Gasteiger partial charge in [-0.1, -0.05) is 33.9 Å². The number of morpholine rings is 1. The van der Waals surface area contributed by atoms with Gasteiger partial charge in [-0.25, -0.2) is 4.98 Å². The van der Waals surface area contributed by atoms with Crippen molar-refractivity contribution in [1.82, 2.24) is 14.8 Å². The number of pyridine rings is 1. The molecule has 1 aliphatic heterocycles. The molecule has 1 saturated heterocycles. The molecule has 1 unspecified atom stereocenters. The number of ether oxygens (including phenoxy) is 1. The number of aromatic nitrogens is 1. The third kappa shape index (κ3) is 7.31. The minimum atomic E-state index is -4.61. The monoisotopic (exact) mass is 468 g/mol. The van der Waals surface area contributed by atoms with E-state index >= 15 is 0 Å². The van der Waals surface area contributed by atoms with Crippen molar-refractivity contribution in [3.8, 4) is 0 Å². The lowest BCUT2D eigenvalue weighted by atomic mass is 10.0. The summed E-state index contributed by atoms with van der Waals surface area (Å²) < 4.78 is 45.5. The zero-order valence-corrected chi connectivity index (χ0v) is 19.7. The number of rotatable bonds is 10. The van der Waals surface area contributed by atoms with Gasteiger partial charge in [0.2, 0.25) is 0 Å². The summed E-state index contributed by atoms with van der Waals surface area (Å²) in [5.74, 6) is -0.659. The molecule has 184 valence electrons. The van der Waals surface area contributed by atoms with Crippen molar-refractivity contribution in [2.24, 2.45) is 5.92 Å². The summed E-state index contributed by atoms with van der Waals surface area (Å²) in [6, 6.07) is 1.01. The zero-order valence-electron chi connectivity index (χ0n) is 19.7. The number of aliphatic hydroxyl groups excluding tert-OH is 1. The van der Waals surface area contributed by atoms with E-state index in [0.717, 1.165) is 25.7 Å². The lowest BCUT2D eigenvalue weighted by Crippen LogP contribution is -2.37. The predicted molar refractivity (Wildman–Crippen MR) is 125 cm³/mol. The number of halogens is 3. The van der Waals surface area contributed by atoms with Crippen LogP contribution in [0.1, 0.15) is 44.7 Å². The van der Waals surface area contributed by atoms with Gasteiger partial charge in [0.05, 0.1) is 24.9 Å². The van der Waals surface area contributed by atoms with Gasteiger partial charge in [0.15, 0.2) is 0 Å². The highest BCUT2D eigenvalue weighted by atomic mass is 19.4. The van der Waals surface area contributed by atoms with Crippen molar-refractivity contribution < 1.29 is 23.0 Å². The van der Waals surface area contributed by atoms with E-state index in [2.05, 4.69) is 23.0 Å². The Balaban J connectivity index is 2.37. The van der Waals surface area contributed by atoms with Crippen molar-refractivity contribution in [3.63, 3.8) is 0 Å². The number of allylic oxidation sites excluding steroid dienone is 1. The molecule has 0 saturated carbocycles. The van der Waals surface area contributed by atoms with Crippen molar-refractivity contribution in [3.05, 3.63) is 54.1 Å². The molecule has 2 rings (SSSR count). The minimum Gasteiger partial charge on any atom is -0.387 e. The van der Waals surface area contributed by atoms with Gasteiger partial charge < -0.3 is 20.5 Å². The van der Waals surface area contributed by atoms with Gasteiger partial charge in [-0.3, -0.25) is 4.90 Å². The Labute approximate surface area is 194 Å². The van der Waals surface area contributed by atoms with Crippen LogP contribution in [0.25, 0.3) is 5.57 Å². The van der Waals surface area contributed by atoms with Gasteiger partial charge in [0.1, 0.15) is 5.82 Å². The molecule has 0 bridgehead atoms. The number of nitrogens with two attached hydrogens (primary N) is 1. The third-order valence-corrected chi connectivity index (χ3v) is 5.70. The SMILES string of the molecule is C=C(CCN1CCOCC1)N(/C=C(\CC)c1cnc(N)c(C(F)(F)F)c1)C(=C)C(O)C(C)C. The van der Waals surface area contributed by atoms with E-state index < -0.39 is 23.7 Å². The second-order valence-corrected chi connectivity index (χ2v) is 8.48. The maximum atomic E-state index is 13.4. The highest BCUT2D eigenvalue weighted by Gasteiger charge is 2.34. The number of anilines is 1. The average molecular weight is 469 g/mol. The van der Waals surface area contributed by atoms with E-state index in [1.54, 1.807) is 11.1 Å². The smallest absolute Gasteiger partial charge is 0.387 e. The molecular formula is C24H35F3N4O2. The summed E-state index contributed by atoms with van der Waals surface area (Å²) in [6.07, 6.45) is -1.38. The Kier molecular flexibility index (Phi) is 9.51. The topological polar surface area (TPSA) is 74.9 Å². The van der Waals surface area contributed by atoms with E-state index in [1.165, 1.54) is 6.20 Å². The summed E-state index contributed by atoms with van der Waals surface area (Å²) in [5.41, 5.74) is 6.50. The first-order valence-corrected chi connectivity index (χ1v) is 11.1. The molecular weight excluding hydrogens is 433 g/mol. The van der Waals surface area contributed by atoms with Crippen LogP contribution in [0.2, 0.25) is 0 Å². The quantitative estimate of drug-likeness (QED) is 0.527. The number of nitrogen functional groups attached to an aromatic ring is 1. The molecule has 1 atom stereocenters. The lowest BCUT2D eigenvalue weighted by Gasteiger charge is -2.32.